The smallest absolute Gasteiger partial charge is 0.222 e. The van der Waals surface area contributed by atoms with E-state index in [2.05, 4.69) is 20.6 Å². The maximum atomic E-state index is 14.0. The topological polar surface area (TPSA) is 95.6 Å². The molecule has 0 aliphatic carbocycles. The van der Waals surface area contributed by atoms with Gasteiger partial charge in [0.15, 0.2) is 17.6 Å². The van der Waals surface area contributed by atoms with Crippen molar-refractivity contribution in [3.05, 3.63) is 59.8 Å². The molecule has 32 heavy (non-hydrogen) atoms. The van der Waals surface area contributed by atoms with Gasteiger partial charge in [0.05, 0.1) is 12.5 Å². The Bertz CT molecular complexity index is 912. The Morgan fingerprint density at radius 1 is 1.31 bits per heavy atom. The summed E-state index contributed by atoms with van der Waals surface area (Å²) in [6.07, 6.45) is 2.76. The van der Waals surface area contributed by atoms with Gasteiger partial charge in [0, 0.05) is 31.9 Å². The number of carbonyl (C=O) groups is 1. The lowest BCUT2D eigenvalue weighted by Gasteiger charge is -2.20. The number of carbonyl (C=O) groups excluding carboxylic acids is 1. The largest absolute Gasteiger partial charge is 0.369 e. The second-order valence-corrected chi connectivity index (χ2v) is 7.53. The minimum absolute atomic E-state index is 0. The number of benzene rings is 1. The van der Waals surface area contributed by atoms with Gasteiger partial charge in [0.2, 0.25) is 5.91 Å². The number of nitrogens with one attached hydrogen (secondary N) is 2. The first-order chi connectivity index (χ1) is 15.0. The van der Waals surface area contributed by atoms with Crippen molar-refractivity contribution in [3.8, 4) is 0 Å². The summed E-state index contributed by atoms with van der Waals surface area (Å²) in [4.78, 5) is 22.5. The molecule has 0 spiro atoms. The van der Waals surface area contributed by atoms with Gasteiger partial charge in [-0.15, -0.1) is 24.0 Å². The maximum absolute atomic E-state index is 14.0. The molecule has 1 aliphatic heterocycles. The number of rotatable bonds is 8. The van der Waals surface area contributed by atoms with Crippen molar-refractivity contribution in [3.63, 3.8) is 0 Å². The quantitative estimate of drug-likeness (QED) is 0.263. The highest BCUT2D eigenvalue weighted by molar-refractivity contribution is 14.0. The number of guanidine groups is 1. The highest BCUT2D eigenvalue weighted by atomic mass is 127. The van der Waals surface area contributed by atoms with Gasteiger partial charge in [-0.25, -0.2) is 13.8 Å². The van der Waals surface area contributed by atoms with Gasteiger partial charge in [-0.05, 0) is 49.6 Å². The number of aliphatic imine (C=N–C) groups is 1. The Morgan fingerprint density at radius 3 is 2.72 bits per heavy atom. The number of anilines is 1. The molecule has 0 bridgehead atoms. The second kappa shape index (κ2) is 12.5. The average molecular weight is 558 g/mol. The third kappa shape index (κ3) is 7.28. The zero-order valence-corrected chi connectivity index (χ0v) is 20.3. The molecular formula is C22H29F2IN6O. The van der Waals surface area contributed by atoms with Crippen LogP contribution in [0.4, 0.5) is 14.6 Å². The zero-order valence-electron chi connectivity index (χ0n) is 17.9. The third-order valence-corrected chi connectivity index (χ3v) is 5.18. The van der Waals surface area contributed by atoms with Gasteiger partial charge in [0.25, 0.3) is 0 Å². The summed E-state index contributed by atoms with van der Waals surface area (Å²) in [5, 5.41) is 6.52. The summed E-state index contributed by atoms with van der Waals surface area (Å²) in [6, 6.07) is 9.03. The van der Waals surface area contributed by atoms with Gasteiger partial charge < -0.3 is 21.3 Å². The Kier molecular flexibility index (Phi) is 10.1. The highest BCUT2D eigenvalue weighted by Gasteiger charge is 2.26. The van der Waals surface area contributed by atoms with E-state index in [1.54, 1.807) is 24.4 Å². The number of hydrogen-bond donors (Lipinski definition) is 3. The van der Waals surface area contributed by atoms with Crippen LogP contribution >= 0.6 is 24.0 Å². The molecule has 7 nitrogen and oxygen atoms in total. The van der Waals surface area contributed by atoms with E-state index < -0.39 is 11.8 Å². The summed E-state index contributed by atoms with van der Waals surface area (Å²) < 4.78 is 27.1. The molecule has 1 fully saturated rings. The molecule has 1 aromatic heterocycles. The molecule has 1 aromatic carbocycles. The Labute approximate surface area is 203 Å². The standard InChI is InChI=1S/C22H28F2N6O.HI/c1-2-26-22(28-13-16(20(25)31)12-15-5-7-17(23)8-6-15)29-18-9-11-30(14-18)21-19(24)4-3-10-27-21;/h3-8,10,16,18H,2,9,11-14H2,1H3,(H2,25,31)(H2,26,28,29);1H. The van der Waals surface area contributed by atoms with Crippen LogP contribution in [0.3, 0.4) is 0 Å². The van der Waals surface area contributed by atoms with Crippen LogP contribution in [0.1, 0.15) is 18.9 Å². The van der Waals surface area contributed by atoms with Crippen LogP contribution in [-0.2, 0) is 11.2 Å². The predicted octanol–water partition coefficient (Wildman–Crippen LogP) is 2.46. The number of nitrogens with two attached hydrogens (primary N) is 1. The molecule has 1 saturated heterocycles. The van der Waals surface area contributed by atoms with Crippen LogP contribution in [0, 0.1) is 17.6 Å². The SMILES string of the molecule is CCNC(=NCC(Cc1ccc(F)cc1)C(N)=O)NC1CCN(c2ncccc2F)C1.I. The van der Waals surface area contributed by atoms with Crippen LogP contribution in [-0.4, -0.2) is 49.1 Å². The normalized spacial score (nSPS) is 16.9. The van der Waals surface area contributed by atoms with Gasteiger partial charge in [-0.1, -0.05) is 12.1 Å². The maximum Gasteiger partial charge on any atom is 0.222 e. The van der Waals surface area contributed by atoms with Crippen molar-refractivity contribution in [2.75, 3.05) is 31.1 Å². The molecule has 4 N–H and O–H groups in total. The van der Waals surface area contributed by atoms with E-state index >= 15 is 0 Å². The monoisotopic (exact) mass is 558 g/mol. The number of pyridine rings is 1. The van der Waals surface area contributed by atoms with Crippen molar-refractivity contribution in [2.24, 2.45) is 16.6 Å². The van der Waals surface area contributed by atoms with Crippen LogP contribution < -0.4 is 21.3 Å². The molecule has 1 aliphatic rings. The van der Waals surface area contributed by atoms with E-state index in [4.69, 9.17) is 5.73 Å². The van der Waals surface area contributed by atoms with E-state index in [-0.39, 0.29) is 48.2 Å². The number of aromatic nitrogens is 1. The fourth-order valence-corrected chi connectivity index (χ4v) is 3.56. The fourth-order valence-electron chi connectivity index (χ4n) is 3.56. The van der Waals surface area contributed by atoms with E-state index in [0.29, 0.717) is 37.8 Å². The van der Waals surface area contributed by atoms with E-state index in [9.17, 15) is 13.6 Å². The number of hydrogen-bond acceptors (Lipinski definition) is 4. The van der Waals surface area contributed by atoms with E-state index in [1.807, 2.05) is 11.8 Å². The molecule has 2 unspecified atom stereocenters. The molecule has 10 heteroatoms. The number of amides is 1. The Balaban J connectivity index is 0.00000363. The van der Waals surface area contributed by atoms with Crippen LogP contribution in [0.15, 0.2) is 47.6 Å². The molecular weight excluding hydrogens is 529 g/mol. The number of primary amides is 1. The molecule has 0 radical (unpaired) electrons. The predicted molar refractivity (Wildman–Crippen MR) is 132 cm³/mol. The van der Waals surface area contributed by atoms with Gasteiger partial charge in [-0.3, -0.25) is 9.79 Å². The van der Waals surface area contributed by atoms with Crippen molar-refractivity contribution in [1.29, 1.82) is 0 Å². The van der Waals surface area contributed by atoms with Gasteiger partial charge >= 0.3 is 0 Å². The minimum atomic E-state index is -0.511. The summed E-state index contributed by atoms with van der Waals surface area (Å²) in [5.41, 5.74) is 6.38. The zero-order chi connectivity index (χ0) is 22.2. The first kappa shape index (κ1) is 25.8. The lowest BCUT2D eigenvalue weighted by molar-refractivity contribution is -0.121. The molecule has 2 heterocycles. The summed E-state index contributed by atoms with van der Waals surface area (Å²) >= 11 is 0. The van der Waals surface area contributed by atoms with Crippen molar-refractivity contribution < 1.29 is 13.6 Å². The van der Waals surface area contributed by atoms with Crippen molar-refractivity contribution >= 4 is 41.7 Å². The summed E-state index contributed by atoms with van der Waals surface area (Å²) in [5.74, 6) is -0.714. The lowest BCUT2D eigenvalue weighted by atomic mass is 9.99. The molecule has 174 valence electrons. The van der Waals surface area contributed by atoms with Crippen LogP contribution in [0.2, 0.25) is 0 Å². The number of nitrogens with zero attached hydrogens (tertiary/aromatic N) is 3. The highest BCUT2D eigenvalue weighted by Crippen LogP contribution is 2.20. The second-order valence-electron chi connectivity index (χ2n) is 7.53. The van der Waals surface area contributed by atoms with Crippen LogP contribution in [0.25, 0.3) is 0 Å². The lowest BCUT2D eigenvalue weighted by Crippen LogP contribution is -2.45. The molecule has 2 aromatic rings. The summed E-state index contributed by atoms with van der Waals surface area (Å²) in [6.45, 7) is 4.07. The fraction of sp³-hybridized carbons (Fsp3) is 0.409. The van der Waals surface area contributed by atoms with E-state index in [1.165, 1.54) is 18.2 Å². The van der Waals surface area contributed by atoms with Gasteiger partial charge in [0.1, 0.15) is 5.82 Å². The third-order valence-electron chi connectivity index (χ3n) is 5.18. The number of halogens is 3. The Morgan fingerprint density at radius 2 is 2.06 bits per heavy atom. The van der Waals surface area contributed by atoms with Gasteiger partial charge in [-0.2, -0.15) is 0 Å². The minimum Gasteiger partial charge on any atom is -0.369 e. The molecule has 3 rings (SSSR count). The first-order valence-corrected chi connectivity index (χ1v) is 10.4. The Hall–Kier alpha value is -2.50. The summed E-state index contributed by atoms with van der Waals surface area (Å²) in [7, 11) is 0. The average Bonchev–Trinajstić information content (AvgIpc) is 3.21. The molecule has 0 saturated carbocycles. The van der Waals surface area contributed by atoms with Crippen molar-refractivity contribution in [2.45, 2.75) is 25.8 Å². The molecule has 1 amide bonds. The van der Waals surface area contributed by atoms with Crippen molar-refractivity contribution in [1.82, 2.24) is 15.6 Å². The van der Waals surface area contributed by atoms with Crippen LogP contribution in [0.5, 0.6) is 0 Å². The molecule has 2 atom stereocenters. The first-order valence-electron chi connectivity index (χ1n) is 10.4. The van der Waals surface area contributed by atoms with E-state index in [0.717, 1.165) is 12.0 Å².